The molecule has 0 aliphatic carbocycles. The van der Waals surface area contributed by atoms with E-state index in [4.69, 9.17) is 0 Å². The molecule has 0 fully saturated rings. The van der Waals surface area contributed by atoms with E-state index in [-0.39, 0.29) is 0 Å². The standard InChI is InChI=1S/C24H26N2/c1-19-17-26(18-21-12-6-3-7-13-21)23-15-9-8-14-22(23)24(19)25-16-20-10-4-2-5-11-20/h2-15,19,24-25H,16-18H2,1H3/t19-,24+/m1/s1. The predicted molar refractivity (Wildman–Crippen MR) is 109 cm³/mol. The second kappa shape index (κ2) is 7.76. The highest BCUT2D eigenvalue weighted by molar-refractivity contribution is 5.57. The Morgan fingerprint density at radius 1 is 0.808 bits per heavy atom. The summed E-state index contributed by atoms with van der Waals surface area (Å²) >= 11 is 0. The molecule has 132 valence electrons. The lowest BCUT2D eigenvalue weighted by molar-refractivity contribution is 0.365. The van der Waals surface area contributed by atoms with E-state index < -0.39 is 0 Å². The molecule has 0 spiro atoms. The lowest BCUT2D eigenvalue weighted by Gasteiger charge is -2.40. The minimum absolute atomic E-state index is 0.387. The molecule has 0 saturated heterocycles. The van der Waals surface area contributed by atoms with E-state index in [1.807, 2.05) is 0 Å². The average Bonchev–Trinajstić information content (AvgIpc) is 2.69. The zero-order valence-electron chi connectivity index (χ0n) is 15.3. The van der Waals surface area contributed by atoms with Crippen LogP contribution in [0.15, 0.2) is 84.9 Å². The summed E-state index contributed by atoms with van der Waals surface area (Å²) in [6.07, 6.45) is 0. The highest BCUT2D eigenvalue weighted by Gasteiger charge is 2.30. The Labute approximate surface area is 156 Å². The van der Waals surface area contributed by atoms with Gasteiger partial charge in [-0.25, -0.2) is 0 Å². The van der Waals surface area contributed by atoms with Crippen molar-refractivity contribution in [2.45, 2.75) is 26.1 Å². The van der Waals surface area contributed by atoms with Crippen LogP contribution >= 0.6 is 0 Å². The van der Waals surface area contributed by atoms with Gasteiger partial charge in [-0.3, -0.25) is 0 Å². The maximum atomic E-state index is 3.80. The quantitative estimate of drug-likeness (QED) is 0.688. The number of rotatable bonds is 5. The summed E-state index contributed by atoms with van der Waals surface area (Å²) in [5.74, 6) is 0.553. The number of nitrogens with zero attached hydrogens (tertiary/aromatic N) is 1. The summed E-state index contributed by atoms with van der Waals surface area (Å²) in [5.41, 5.74) is 5.48. The molecule has 0 aromatic heterocycles. The molecule has 1 heterocycles. The van der Waals surface area contributed by atoms with E-state index in [2.05, 4.69) is 102 Å². The van der Waals surface area contributed by atoms with Crippen LogP contribution in [0, 0.1) is 5.92 Å². The molecule has 0 radical (unpaired) electrons. The molecule has 0 bridgehead atoms. The maximum absolute atomic E-state index is 3.80. The van der Waals surface area contributed by atoms with E-state index in [1.165, 1.54) is 22.4 Å². The lowest BCUT2D eigenvalue weighted by Crippen LogP contribution is -2.41. The summed E-state index contributed by atoms with van der Waals surface area (Å²) in [5, 5.41) is 3.80. The molecule has 1 N–H and O–H groups in total. The third kappa shape index (κ3) is 3.66. The summed E-state index contributed by atoms with van der Waals surface area (Å²) < 4.78 is 0. The Kier molecular flexibility index (Phi) is 5.03. The molecule has 1 aliphatic heterocycles. The fourth-order valence-electron chi connectivity index (χ4n) is 3.98. The molecule has 3 aromatic rings. The second-order valence-corrected chi connectivity index (χ2v) is 7.25. The Balaban J connectivity index is 1.56. The van der Waals surface area contributed by atoms with Crippen molar-refractivity contribution in [1.29, 1.82) is 0 Å². The Morgan fingerprint density at radius 2 is 1.42 bits per heavy atom. The second-order valence-electron chi connectivity index (χ2n) is 7.25. The topological polar surface area (TPSA) is 15.3 Å². The van der Waals surface area contributed by atoms with Crippen LogP contribution in [0.1, 0.15) is 29.7 Å². The fourth-order valence-corrected chi connectivity index (χ4v) is 3.98. The minimum Gasteiger partial charge on any atom is -0.367 e. The van der Waals surface area contributed by atoms with Crippen molar-refractivity contribution in [3.05, 3.63) is 102 Å². The molecule has 3 aromatic carbocycles. The van der Waals surface area contributed by atoms with Crippen LogP contribution in [0.5, 0.6) is 0 Å². The van der Waals surface area contributed by atoms with Gasteiger partial charge < -0.3 is 10.2 Å². The van der Waals surface area contributed by atoms with Gasteiger partial charge in [-0.1, -0.05) is 85.8 Å². The Morgan fingerprint density at radius 3 is 2.15 bits per heavy atom. The molecule has 0 amide bonds. The van der Waals surface area contributed by atoms with Crippen molar-refractivity contribution in [3.63, 3.8) is 0 Å². The highest BCUT2D eigenvalue weighted by atomic mass is 15.2. The van der Waals surface area contributed by atoms with Crippen molar-refractivity contribution >= 4 is 5.69 Å². The van der Waals surface area contributed by atoms with Gasteiger partial charge in [0.15, 0.2) is 0 Å². The minimum atomic E-state index is 0.387. The number of benzene rings is 3. The first-order valence-corrected chi connectivity index (χ1v) is 9.46. The number of para-hydroxylation sites is 1. The SMILES string of the molecule is C[C@@H]1CN(Cc2ccccc2)c2ccccc2[C@H]1NCc1ccccc1. The van der Waals surface area contributed by atoms with Crippen LogP contribution in [-0.4, -0.2) is 6.54 Å². The largest absolute Gasteiger partial charge is 0.367 e. The van der Waals surface area contributed by atoms with E-state index in [0.717, 1.165) is 19.6 Å². The number of hydrogen-bond donors (Lipinski definition) is 1. The first-order valence-electron chi connectivity index (χ1n) is 9.46. The van der Waals surface area contributed by atoms with E-state index >= 15 is 0 Å². The van der Waals surface area contributed by atoms with E-state index in [1.54, 1.807) is 0 Å². The van der Waals surface area contributed by atoms with Gasteiger partial charge in [0.1, 0.15) is 0 Å². The van der Waals surface area contributed by atoms with Crippen molar-refractivity contribution < 1.29 is 0 Å². The van der Waals surface area contributed by atoms with Crippen LogP contribution < -0.4 is 10.2 Å². The molecule has 0 saturated carbocycles. The molecule has 4 rings (SSSR count). The van der Waals surface area contributed by atoms with Gasteiger partial charge in [0.25, 0.3) is 0 Å². The maximum Gasteiger partial charge on any atom is 0.0429 e. The lowest BCUT2D eigenvalue weighted by atomic mass is 9.87. The average molecular weight is 342 g/mol. The third-order valence-corrected chi connectivity index (χ3v) is 5.28. The molecule has 2 nitrogen and oxygen atoms in total. The van der Waals surface area contributed by atoms with Gasteiger partial charge in [0, 0.05) is 31.4 Å². The first kappa shape index (κ1) is 16.9. The predicted octanol–water partition coefficient (Wildman–Crippen LogP) is 5.17. The molecular formula is C24H26N2. The zero-order chi connectivity index (χ0) is 17.8. The van der Waals surface area contributed by atoms with Crippen LogP contribution in [-0.2, 0) is 13.1 Å². The van der Waals surface area contributed by atoms with Gasteiger partial charge in [-0.05, 0) is 28.7 Å². The number of nitrogens with one attached hydrogen (secondary N) is 1. The van der Waals surface area contributed by atoms with E-state index in [0.29, 0.717) is 12.0 Å². The van der Waals surface area contributed by atoms with Crippen molar-refractivity contribution in [2.75, 3.05) is 11.4 Å². The van der Waals surface area contributed by atoms with Gasteiger partial charge in [0.05, 0.1) is 0 Å². The number of fused-ring (bicyclic) bond motifs is 1. The fraction of sp³-hybridized carbons (Fsp3) is 0.250. The molecule has 2 heteroatoms. The summed E-state index contributed by atoms with van der Waals surface area (Å²) in [6.45, 7) is 5.30. The Bertz CT molecular complexity index is 829. The third-order valence-electron chi connectivity index (χ3n) is 5.28. The van der Waals surface area contributed by atoms with Crippen LogP contribution in [0.4, 0.5) is 5.69 Å². The number of hydrogen-bond acceptors (Lipinski definition) is 2. The van der Waals surface area contributed by atoms with Crippen LogP contribution in [0.3, 0.4) is 0 Å². The van der Waals surface area contributed by atoms with Crippen molar-refractivity contribution in [2.24, 2.45) is 5.92 Å². The molecule has 2 atom stereocenters. The summed E-state index contributed by atoms with van der Waals surface area (Å²) in [4.78, 5) is 2.52. The van der Waals surface area contributed by atoms with Gasteiger partial charge in [-0.15, -0.1) is 0 Å². The van der Waals surface area contributed by atoms with Crippen molar-refractivity contribution in [1.82, 2.24) is 5.32 Å². The van der Waals surface area contributed by atoms with Gasteiger partial charge in [0.2, 0.25) is 0 Å². The van der Waals surface area contributed by atoms with Crippen molar-refractivity contribution in [3.8, 4) is 0 Å². The van der Waals surface area contributed by atoms with Gasteiger partial charge >= 0.3 is 0 Å². The zero-order valence-corrected chi connectivity index (χ0v) is 15.3. The molecular weight excluding hydrogens is 316 g/mol. The van der Waals surface area contributed by atoms with E-state index in [9.17, 15) is 0 Å². The Hall–Kier alpha value is -2.58. The number of anilines is 1. The first-order chi connectivity index (χ1) is 12.8. The van der Waals surface area contributed by atoms with Crippen LogP contribution in [0.25, 0.3) is 0 Å². The van der Waals surface area contributed by atoms with Crippen LogP contribution in [0.2, 0.25) is 0 Å². The molecule has 1 aliphatic rings. The van der Waals surface area contributed by atoms with Gasteiger partial charge in [-0.2, -0.15) is 0 Å². The summed E-state index contributed by atoms with van der Waals surface area (Å²) in [6, 6.07) is 30.7. The normalized spacial score (nSPS) is 19.2. The highest BCUT2D eigenvalue weighted by Crippen LogP contribution is 2.37. The molecule has 0 unspecified atom stereocenters. The smallest absolute Gasteiger partial charge is 0.0429 e. The monoisotopic (exact) mass is 342 g/mol. The molecule has 26 heavy (non-hydrogen) atoms. The summed E-state index contributed by atoms with van der Waals surface area (Å²) in [7, 11) is 0.